The fourth-order valence-electron chi connectivity index (χ4n) is 2.31. The van der Waals surface area contributed by atoms with Gasteiger partial charge in [-0.3, -0.25) is 9.10 Å². The molecule has 1 amide bonds. The molecule has 0 unspecified atom stereocenters. The highest BCUT2D eigenvalue weighted by atomic mass is 79.9. The van der Waals surface area contributed by atoms with Gasteiger partial charge in [-0.05, 0) is 46.1 Å². The molecule has 0 radical (unpaired) electrons. The summed E-state index contributed by atoms with van der Waals surface area (Å²) >= 11 is 3.33. The number of hydrogen-bond donors (Lipinski definition) is 1. The molecule has 0 saturated heterocycles. The molecule has 0 fully saturated rings. The van der Waals surface area contributed by atoms with Gasteiger partial charge in [0, 0.05) is 10.2 Å². The molecule has 0 heterocycles. The zero-order chi connectivity index (χ0) is 17.7. The Morgan fingerprint density at radius 3 is 2.38 bits per heavy atom. The number of anilines is 2. The van der Waals surface area contributed by atoms with Crippen LogP contribution in [0.2, 0.25) is 0 Å². The molecule has 1 N–H and O–H groups in total. The molecule has 2 aromatic carbocycles. The molecular formula is C17H19BrN2O3S. The summed E-state index contributed by atoms with van der Waals surface area (Å²) in [4.78, 5) is 12.4. The first-order valence-electron chi connectivity index (χ1n) is 7.43. The molecule has 24 heavy (non-hydrogen) atoms. The summed E-state index contributed by atoms with van der Waals surface area (Å²) in [7, 11) is -3.60. The first-order valence-corrected chi connectivity index (χ1v) is 10.1. The third-order valence-electron chi connectivity index (χ3n) is 3.48. The highest BCUT2D eigenvalue weighted by Gasteiger charge is 2.22. The molecule has 2 aromatic rings. The predicted octanol–water partition coefficient (Wildman–Crippen LogP) is 3.42. The van der Waals surface area contributed by atoms with E-state index in [4.69, 9.17) is 0 Å². The first kappa shape index (κ1) is 18.5. The van der Waals surface area contributed by atoms with Crippen molar-refractivity contribution in [2.45, 2.75) is 13.3 Å². The van der Waals surface area contributed by atoms with Crippen molar-refractivity contribution in [3.63, 3.8) is 0 Å². The topological polar surface area (TPSA) is 66.5 Å². The summed E-state index contributed by atoms with van der Waals surface area (Å²) in [5, 5.41) is 2.79. The van der Waals surface area contributed by atoms with Gasteiger partial charge in [0.1, 0.15) is 6.54 Å². The van der Waals surface area contributed by atoms with Gasteiger partial charge in [-0.15, -0.1) is 0 Å². The standard InChI is InChI=1S/C17H19BrN2O3S/c1-3-13-8-4-6-10-15(13)19-17(21)12-20(24(2,22)23)16-11-7-5-9-14(16)18/h4-11H,3,12H2,1-2H3,(H,19,21). The van der Waals surface area contributed by atoms with E-state index in [1.807, 2.05) is 25.1 Å². The number of sulfonamides is 1. The number of carbonyl (C=O) groups excluding carboxylic acids is 1. The lowest BCUT2D eigenvalue weighted by Crippen LogP contribution is -2.37. The maximum absolute atomic E-state index is 12.4. The second-order valence-electron chi connectivity index (χ2n) is 5.28. The Morgan fingerprint density at radius 2 is 1.75 bits per heavy atom. The normalized spacial score (nSPS) is 11.1. The van der Waals surface area contributed by atoms with Gasteiger partial charge in [0.15, 0.2) is 0 Å². The molecule has 0 atom stereocenters. The molecule has 0 bridgehead atoms. The Labute approximate surface area is 150 Å². The van der Waals surface area contributed by atoms with Crippen LogP contribution in [0.5, 0.6) is 0 Å². The SMILES string of the molecule is CCc1ccccc1NC(=O)CN(c1ccccc1Br)S(C)(=O)=O. The van der Waals surface area contributed by atoms with Crippen LogP contribution in [0.1, 0.15) is 12.5 Å². The van der Waals surface area contributed by atoms with E-state index in [9.17, 15) is 13.2 Å². The molecule has 0 spiro atoms. The van der Waals surface area contributed by atoms with Gasteiger partial charge in [-0.2, -0.15) is 0 Å². The number of nitrogens with one attached hydrogen (secondary N) is 1. The lowest BCUT2D eigenvalue weighted by molar-refractivity contribution is -0.114. The number of halogens is 1. The zero-order valence-electron chi connectivity index (χ0n) is 13.5. The molecule has 5 nitrogen and oxygen atoms in total. The predicted molar refractivity (Wildman–Crippen MR) is 101 cm³/mol. The van der Waals surface area contributed by atoms with Crippen molar-refractivity contribution in [3.8, 4) is 0 Å². The van der Waals surface area contributed by atoms with Gasteiger partial charge in [-0.1, -0.05) is 37.3 Å². The van der Waals surface area contributed by atoms with Crippen molar-refractivity contribution in [1.82, 2.24) is 0 Å². The van der Waals surface area contributed by atoms with Crippen molar-refractivity contribution in [2.24, 2.45) is 0 Å². The highest BCUT2D eigenvalue weighted by molar-refractivity contribution is 9.10. The van der Waals surface area contributed by atoms with Crippen LogP contribution >= 0.6 is 15.9 Å². The fourth-order valence-corrected chi connectivity index (χ4v) is 3.79. The van der Waals surface area contributed by atoms with E-state index >= 15 is 0 Å². The Bertz CT molecular complexity index is 837. The minimum absolute atomic E-state index is 0.292. The van der Waals surface area contributed by atoms with Crippen LogP contribution in [0.4, 0.5) is 11.4 Å². The molecule has 0 aliphatic rings. The molecule has 0 aliphatic heterocycles. The first-order chi connectivity index (χ1) is 11.3. The summed E-state index contributed by atoms with van der Waals surface area (Å²) in [6, 6.07) is 14.4. The lowest BCUT2D eigenvalue weighted by atomic mass is 10.1. The van der Waals surface area contributed by atoms with Gasteiger partial charge in [0.05, 0.1) is 11.9 Å². The summed E-state index contributed by atoms with van der Waals surface area (Å²) in [6.07, 6.45) is 1.86. The van der Waals surface area contributed by atoms with Crippen molar-refractivity contribution in [2.75, 3.05) is 22.4 Å². The lowest BCUT2D eigenvalue weighted by Gasteiger charge is -2.23. The highest BCUT2D eigenvalue weighted by Crippen LogP contribution is 2.27. The summed E-state index contributed by atoms with van der Waals surface area (Å²) in [6.45, 7) is 1.70. The van der Waals surface area contributed by atoms with E-state index in [2.05, 4.69) is 21.2 Å². The number of benzene rings is 2. The molecular weight excluding hydrogens is 392 g/mol. The maximum atomic E-state index is 12.4. The molecule has 0 aromatic heterocycles. The summed E-state index contributed by atoms with van der Waals surface area (Å²) in [5.74, 6) is -0.392. The molecule has 0 aliphatic carbocycles. The van der Waals surface area contributed by atoms with Gasteiger partial charge < -0.3 is 5.32 Å². The van der Waals surface area contributed by atoms with Gasteiger partial charge in [-0.25, -0.2) is 8.42 Å². The molecule has 128 valence electrons. The number of hydrogen-bond acceptors (Lipinski definition) is 3. The van der Waals surface area contributed by atoms with E-state index in [0.717, 1.165) is 22.5 Å². The Kier molecular flexibility index (Phi) is 6.01. The van der Waals surface area contributed by atoms with Crippen molar-refractivity contribution >= 4 is 43.2 Å². The number of amides is 1. The van der Waals surface area contributed by atoms with Crippen LogP contribution in [0, 0.1) is 0 Å². The maximum Gasteiger partial charge on any atom is 0.245 e. The number of carbonyl (C=O) groups is 1. The monoisotopic (exact) mass is 410 g/mol. The Balaban J connectivity index is 2.25. The number of para-hydroxylation sites is 2. The van der Waals surface area contributed by atoms with E-state index in [0.29, 0.717) is 15.8 Å². The third-order valence-corrected chi connectivity index (χ3v) is 5.28. The average molecular weight is 411 g/mol. The average Bonchev–Trinajstić information content (AvgIpc) is 2.53. The van der Waals surface area contributed by atoms with E-state index in [1.54, 1.807) is 30.3 Å². The van der Waals surface area contributed by atoms with Crippen LogP contribution in [0.15, 0.2) is 53.0 Å². The largest absolute Gasteiger partial charge is 0.324 e. The summed E-state index contributed by atoms with van der Waals surface area (Å²) in [5.41, 5.74) is 2.13. The van der Waals surface area contributed by atoms with Crippen molar-refractivity contribution < 1.29 is 13.2 Å². The van der Waals surface area contributed by atoms with Crippen LogP contribution in [-0.4, -0.2) is 27.1 Å². The summed E-state index contributed by atoms with van der Waals surface area (Å²) < 4.78 is 25.9. The molecule has 2 rings (SSSR count). The second kappa shape index (κ2) is 7.81. The smallest absolute Gasteiger partial charge is 0.245 e. The molecule has 7 heteroatoms. The number of rotatable bonds is 6. The van der Waals surface area contributed by atoms with E-state index in [-0.39, 0.29) is 6.54 Å². The second-order valence-corrected chi connectivity index (χ2v) is 8.04. The third kappa shape index (κ3) is 4.58. The fraction of sp³-hybridized carbons (Fsp3) is 0.235. The Hall–Kier alpha value is -1.86. The van der Waals surface area contributed by atoms with Crippen molar-refractivity contribution in [1.29, 1.82) is 0 Å². The van der Waals surface area contributed by atoms with Crippen LogP contribution in [0.25, 0.3) is 0 Å². The Morgan fingerprint density at radius 1 is 1.12 bits per heavy atom. The van der Waals surface area contributed by atoms with Crippen LogP contribution in [-0.2, 0) is 21.2 Å². The minimum Gasteiger partial charge on any atom is -0.324 e. The van der Waals surface area contributed by atoms with Crippen LogP contribution in [0.3, 0.4) is 0 Å². The van der Waals surface area contributed by atoms with Crippen LogP contribution < -0.4 is 9.62 Å². The number of nitrogens with zero attached hydrogens (tertiary/aromatic N) is 1. The zero-order valence-corrected chi connectivity index (χ0v) is 15.9. The number of aryl methyl sites for hydroxylation is 1. The molecule has 0 saturated carbocycles. The van der Waals surface area contributed by atoms with Gasteiger partial charge in [0.2, 0.25) is 15.9 Å². The van der Waals surface area contributed by atoms with Crippen molar-refractivity contribution in [3.05, 3.63) is 58.6 Å². The van der Waals surface area contributed by atoms with E-state index in [1.165, 1.54) is 0 Å². The van der Waals surface area contributed by atoms with E-state index < -0.39 is 15.9 Å². The van der Waals surface area contributed by atoms with Gasteiger partial charge >= 0.3 is 0 Å². The minimum atomic E-state index is -3.60. The quantitative estimate of drug-likeness (QED) is 0.792. The van der Waals surface area contributed by atoms with Gasteiger partial charge in [0.25, 0.3) is 0 Å².